The van der Waals surface area contributed by atoms with Crippen molar-refractivity contribution >= 4 is 18.0 Å². The molecule has 302 valence electrons. The third kappa shape index (κ3) is 12.9. The van der Waals surface area contributed by atoms with E-state index in [1.54, 1.807) is 24.3 Å². The molecule has 7 atom stereocenters. The molecular formula is C46H60N2O8. The Bertz CT molecular complexity index is 1820. The van der Waals surface area contributed by atoms with E-state index < -0.39 is 47.2 Å². The Morgan fingerprint density at radius 2 is 1.39 bits per heavy atom. The van der Waals surface area contributed by atoms with Crippen molar-refractivity contribution in [3.05, 3.63) is 127 Å². The summed E-state index contributed by atoms with van der Waals surface area (Å²) in [6.45, 7) is 13.5. The van der Waals surface area contributed by atoms with Crippen LogP contribution >= 0.6 is 0 Å². The molecule has 0 saturated heterocycles. The highest BCUT2D eigenvalue weighted by atomic mass is 16.6. The van der Waals surface area contributed by atoms with Gasteiger partial charge in [0.05, 0.1) is 12.2 Å². The molecule has 3 heterocycles. The van der Waals surface area contributed by atoms with E-state index in [0.717, 1.165) is 19.3 Å². The van der Waals surface area contributed by atoms with Crippen LogP contribution in [-0.2, 0) is 15.9 Å². The number of carbonyl (C=O) groups excluding carboxylic acids is 2. The Morgan fingerprint density at radius 1 is 0.786 bits per heavy atom. The molecular weight excluding hydrogens is 709 g/mol. The van der Waals surface area contributed by atoms with E-state index in [2.05, 4.69) is 29.0 Å². The predicted molar refractivity (Wildman–Crippen MR) is 218 cm³/mol. The number of aliphatic hydroxyl groups excluding tert-OH is 2. The number of unbranched alkanes of at least 4 members (excludes halogenated alkanes) is 1. The minimum absolute atomic E-state index is 0.0442. The third-order valence-electron chi connectivity index (χ3n) is 10.4. The molecule has 56 heavy (non-hydrogen) atoms. The number of fused-ring (bicyclic) bond motifs is 5. The van der Waals surface area contributed by atoms with Gasteiger partial charge in [0.25, 0.3) is 0 Å². The lowest BCUT2D eigenvalue weighted by atomic mass is 9.78. The minimum atomic E-state index is -0.850. The van der Waals surface area contributed by atoms with E-state index in [9.17, 15) is 19.8 Å². The van der Waals surface area contributed by atoms with Crippen LogP contribution in [0.1, 0.15) is 113 Å². The number of rotatable bonds is 8. The van der Waals surface area contributed by atoms with Crippen LogP contribution in [0.25, 0.3) is 6.08 Å². The summed E-state index contributed by atoms with van der Waals surface area (Å²) in [4.78, 5) is 35.4. The van der Waals surface area contributed by atoms with Crippen molar-refractivity contribution in [3.8, 4) is 0 Å². The number of allylic oxidation sites excluding steroid dienone is 11. The molecule has 1 aliphatic carbocycles. The number of oxazole rings is 2. The zero-order valence-corrected chi connectivity index (χ0v) is 33.9. The average molecular weight is 769 g/mol. The number of cyclic esters (lactones) is 2. The van der Waals surface area contributed by atoms with Crippen molar-refractivity contribution < 1.29 is 38.1 Å². The standard InChI is InChI=1S/C46H60N2O8/c1-8-10-14-24-38(50)46(6,7)40-26-19-23-34-29-33(34)22-17-18-27-41-47-35(30-53-41)43(51)55-39(45(4,5)37(49)20-9-2)25-16-13-11-12-15-21-32(3)28-42-48-36(31-54-42)44(52)56-40/h9,11-24,27,30-34,37-40,49-50H,8,10,25-26,28-29H2,1-7H3/b12-11-,16-13-,20-9+,21-15+,22-17+,23-19-,24-14+,27-18-/t32-,33+,34-,37-,38-,39-,40-/m0/s1. The highest BCUT2D eigenvalue weighted by Gasteiger charge is 2.40. The molecule has 2 aromatic heterocycles. The van der Waals surface area contributed by atoms with Gasteiger partial charge in [0.15, 0.2) is 17.3 Å². The summed E-state index contributed by atoms with van der Waals surface area (Å²) in [5.41, 5.74) is -1.45. The third-order valence-corrected chi connectivity index (χ3v) is 10.4. The van der Waals surface area contributed by atoms with Crippen molar-refractivity contribution in [2.45, 2.75) is 111 Å². The Balaban J connectivity index is 1.56. The van der Waals surface area contributed by atoms with Crippen molar-refractivity contribution in [1.82, 2.24) is 9.97 Å². The largest absolute Gasteiger partial charge is 0.457 e. The smallest absolute Gasteiger partial charge is 0.360 e. The number of aliphatic hydroxyl groups is 2. The zero-order valence-electron chi connectivity index (χ0n) is 33.9. The number of ether oxygens (including phenoxy) is 2. The second-order valence-electron chi connectivity index (χ2n) is 15.8. The quantitative estimate of drug-likeness (QED) is 0.197. The van der Waals surface area contributed by atoms with Crippen LogP contribution in [0.5, 0.6) is 0 Å². The number of hydrogen-bond acceptors (Lipinski definition) is 10. The molecule has 4 bridgehead atoms. The fraction of sp³-hybridized carbons (Fsp3) is 0.478. The van der Waals surface area contributed by atoms with Crippen LogP contribution in [0.2, 0.25) is 0 Å². The Morgan fingerprint density at radius 3 is 2.09 bits per heavy atom. The van der Waals surface area contributed by atoms with Gasteiger partial charge in [-0.05, 0) is 37.5 Å². The molecule has 10 nitrogen and oxygen atoms in total. The van der Waals surface area contributed by atoms with E-state index in [1.165, 1.54) is 12.5 Å². The zero-order chi connectivity index (χ0) is 40.7. The normalized spacial score (nSPS) is 28.0. The number of carbonyl (C=O) groups is 2. The summed E-state index contributed by atoms with van der Waals surface area (Å²) in [6.07, 6.45) is 34.0. The molecule has 0 radical (unpaired) electrons. The van der Waals surface area contributed by atoms with E-state index >= 15 is 0 Å². The lowest BCUT2D eigenvalue weighted by molar-refractivity contribution is -0.0461. The van der Waals surface area contributed by atoms with E-state index in [1.807, 2.05) is 102 Å². The topological polar surface area (TPSA) is 145 Å². The Hall–Kier alpha value is -4.80. The van der Waals surface area contributed by atoms with Gasteiger partial charge in [0.1, 0.15) is 24.7 Å². The number of hydrogen-bond donors (Lipinski definition) is 2. The molecule has 1 fully saturated rings. The van der Waals surface area contributed by atoms with Gasteiger partial charge in [-0.2, -0.15) is 0 Å². The molecule has 4 rings (SSSR count). The maximum atomic E-state index is 13.4. The van der Waals surface area contributed by atoms with Crippen molar-refractivity contribution in [3.63, 3.8) is 0 Å². The maximum Gasteiger partial charge on any atom is 0.360 e. The van der Waals surface area contributed by atoms with E-state index in [0.29, 0.717) is 37.0 Å². The molecule has 0 spiro atoms. The van der Waals surface area contributed by atoms with Gasteiger partial charge in [0.2, 0.25) is 5.89 Å². The summed E-state index contributed by atoms with van der Waals surface area (Å²) >= 11 is 0. The highest BCUT2D eigenvalue weighted by molar-refractivity contribution is 5.87. The summed E-state index contributed by atoms with van der Waals surface area (Å²) in [5, 5.41) is 22.0. The summed E-state index contributed by atoms with van der Waals surface area (Å²) in [7, 11) is 0. The van der Waals surface area contributed by atoms with Gasteiger partial charge >= 0.3 is 11.9 Å². The van der Waals surface area contributed by atoms with Gasteiger partial charge in [-0.15, -0.1) is 0 Å². The lowest BCUT2D eigenvalue weighted by Crippen LogP contribution is -2.42. The van der Waals surface area contributed by atoms with Crippen molar-refractivity contribution in [2.75, 3.05) is 0 Å². The second kappa shape index (κ2) is 20.9. The van der Waals surface area contributed by atoms with Crippen LogP contribution in [0.15, 0.2) is 113 Å². The molecule has 10 heteroatoms. The van der Waals surface area contributed by atoms with Gasteiger partial charge in [-0.1, -0.05) is 139 Å². The summed E-state index contributed by atoms with van der Waals surface area (Å²) < 4.78 is 23.2. The van der Waals surface area contributed by atoms with Gasteiger partial charge < -0.3 is 28.5 Å². The molecule has 2 N–H and O–H groups in total. The first-order chi connectivity index (χ1) is 26.8. The molecule has 1 saturated carbocycles. The van der Waals surface area contributed by atoms with Crippen molar-refractivity contribution in [1.29, 1.82) is 0 Å². The van der Waals surface area contributed by atoms with Gasteiger partial charge in [-0.3, -0.25) is 0 Å². The van der Waals surface area contributed by atoms with Crippen LogP contribution in [0, 0.1) is 28.6 Å². The first-order valence-electron chi connectivity index (χ1n) is 19.7. The molecule has 2 aliphatic rings. The molecule has 0 aromatic carbocycles. The fourth-order valence-corrected chi connectivity index (χ4v) is 6.20. The number of esters is 2. The minimum Gasteiger partial charge on any atom is -0.457 e. The molecule has 1 aliphatic heterocycles. The Labute approximate surface area is 332 Å². The molecule has 0 amide bonds. The van der Waals surface area contributed by atoms with Gasteiger partial charge in [0, 0.05) is 36.2 Å². The number of aromatic nitrogens is 2. The molecule has 2 aromatic rings. The van der Waals surface area contributed by atoms with Crippen molar-refractivity contribution in [2.24, 2.45) is 28.6 Å². The van der Waals surface area contributed by atoms with E-state index in [4.69, 9.17) is 18.3 Å². The predicted octanol–water partition coefficient (Wildman–Crippen LogP) is 9.52. The SMILES string of the molecule is C/C=C/[C@H](O)C(C)(C)[C@@H]1C\C=C/C=C\C=C\[C@H](C)Cc2nc(co2)C(=O)O[C@H](C(C)(C)[C@@H](O)/C=C/CCC)C/C=C\[C@H]2C[C@H]2/C=C/C=C\c2nc(co2)C(=O)O1. The molecule has 0 unspecified atom stereocenters. The summed E-state index contributed by atoms with van der Waals surface area (Å²) in [6, 6.07) is 0. The van der Waals surface area contributed by atoms with Crippen LogP contribution < -0.4 is 0 Å². The maximum absolute atomic E-state index is 13.4. The van der Waals surface area contributed by atoms with Crippen LogP contribution in [-0.4, -0.2) is 56.5 Å². The monoisotopic (exact) mass is 768 g/mol. The average Bonchev–Trinajstić information content (AvgIpc) is 3.47. The highest BCUT2D eigenvalue weighted by Crippen LogP contribution is 2.41. The second-order valence-corrected chi connectivity index (χ2v) is 15.8. The Kier molecular flexibility index (Phi) is 16.4. The van der Waals surface area contributed by atoms with Gasteiger partial charge in [-0.25, -0.2) is 19.6 Å². The van der Waals surface area contributed by atoms with Crippen LogP contribution in [0.3, 0.4) is 0 Å². The first kappa shape index (κ1) is 43.9. The first-order valence-corrected chi connectivity index (χ1v) is 19.7. The van der Waals surface area contributed by atoms with Crippen LogP contribution in [0.4, 0.5) is 0 Å². The fourth-order valence-electron chi connectivity index (χ4n) is 6.20. The summed E-state index contributed by atoms with van der Waals surface area (Å²) in [5.74, 6) is 0.189. The van der Waals surface area contributed by atoms with E-state index in [-0.39, 0.29) is 23.2 Å². The number of nitrogens with zero attached hydrogens (tertiary/aromatic N) is 2. The lowest BCUT2D eigenvalue weighted by Gasteiger charge is -2.36.